The quantitative estimate of drug-likeness (QED) is 0.607. The molecule has 1 aromatic carbocycles. The van der Waals surface area contributed by atoms with Crippen molar-refractivity contribution >= 4 is 23.6 Å². The van der Waals surface area contributed by atoms with Gasteiger partial charge in [0, 0.05) is 5.92 Å². The van der Waals surface area contributed by atoms with Gasteiger partial charge >= 0.3 is 18.0 Å². The molecule has 0 spiro atoms. The van der Waals surface area contributed by atoms with Crippen molar-refractivity contribution < 1.29 is 29.0 Å². The Balaban J connectivity index is 2.06. The second-order valence-electron chi connectivity index (χ2n) is 7.65. The van der Waals surface area contributed by atoms with Crippen molar-refractivity contribution in [3.8, 4) is 0 Å². The molecule has 1 amide bonds. The van der Waals surface area contributed by atoms with Crippen molar-refractivity contribution in [3.05, 3.63) is 65.8 Å². The van der Waals surface area contributed by atoms with Gasteiger partial charge in [-0.15, -0.1) is 0 Å². The average Bonchev–Trinajstić information content (AvgIpc) is 2.99. The first-order valence-corrected chi connectivity index (χ1v) is 10.1. The van der Waals surface area contributed by atoms with Crippen molar-refractivity contribution in [2.75, 3.05) is 6.61 Å². The van der Waals surface area contributed by atoms with Crippen LogP contribution in [0.3, 0.4) is 0 Å². The number of alkyl carbamates (subject to hydrolysis) is 1. The summed E-state index contributed by atoms with van der Waals surface area (Å²) in [6.07, 6.45) is 3.75. The SMILES string of the molecule is C=C1/C(=C\C=C/C)c2ccccc2C1COC(=O)NC(C(=O)OC(C)C(=O)O)C(C)C. The van der Waals surface area contributed by atoms with Crippen LogP contribution >= 0.6 is 0 Å². The molecule has 1 aromatic rings. The number of amides is 1. The van der Waals surface area contributed by atoms with Crippen LogP contribution in [0.1, 0.15) is 44.7 Å². The van der Waals surface area contributed by atoms with Gasteiger partial charge in [-0.05, 0) is 42.0 Å². The molecule has 0 aromatic heterocycles. The summed E-state index contributed by atoms with van der Waals surface area (Å²) in [5.41, 5.74) is 3.91. The first-order chi connectivity index (χ1) is 14.7. The van der Waals surface area contributed by atoms with Crippen molar-refractivity contribution in [1.29, 1.82) is 0 Å². The van der Waals surface area contributed by atoms with E-state index in [1.165, 1.54) is 6.92 Å². The van der Waals surface area contributed by atoms with Crippen LogP contribution in [0.2, 0.25) is 0 Å². The van der Waals surface area contributed by atoms with Gasteiger partial charge < -0.3 is 19.9 Å². The summed E-state index contributed by atoms with van der Waals surface area (Å²) in [6, 6.07) is 6.82. The molecule has 0 heterocycles. The molecule has 1 aliphatic rings. The molecular formula is C24H29NO6. The van der Waals surface area contributed by atoms with Gasteiger partial charge in [-0.1, -0.05) is 62.9 Å². The van der Waals surface area contributed by atoms with Crippen LogP contribution in [0.5, 0.6) is 0 Å². The van der Waals surface area contributed by atoms with Gasteiger partial charge in [0.2, 0.25) is 0 Å². The maximum Gasteiger partial charge on any atom is 0.407 e. The molecule has 0 radical (unpaired) electrons. The van der Waals surface area contributed by atoms with Crippen LogP contribution in [0, 0.1) is 5.92 Å². The minimum Gasteiger partial charge on any atom is -0.479 e. The van der Waals surface area contributed by atoms with E-state index in [1.54, 1.807) is 13.8 Å². The summed E-state index contributed by atoms with van der Waals surface area (Å²) >= 11 is 0. The van der Waals surface area contributed by atoms with E-state index in [0.29, 0.717) is 0 Å². The number of hydrogen-bond acceptors (Lipinski definition) is 5. The summed E-state index contributed by atoms with van der Waals surface area (Å²) in [5, 5.41) is 11.4. The second-order valence-corrected chi connectivity index (χ2v) is 7.65. The fraction of sp³-hybridized carbons (Fsp3) is 0.375. The van der Waals surface area contributed by atoms with E-state index in [4.69, 9.17) is 14.6 Å². The molecule has 0 saturated heterocycles. The minimum atomic E-state index is -1.31. The number of carboxylic acid groups (broad SMARTS) is 1. The van der Waals surface area contributed by atoms with Gasteiger partial charge in [-0.2, -0.15) is 0 Å². The lowest BCUT2D eigenvalue weighted by atomic mass is 9.99. The molecule has 1 aliphatic carbocycles. The Morgan fingerprint density at radius 1 is 1.23 bits per heavy atom. The monoisotopic (exact) mass is 427 g/mol. The van der Waals surface area contributed by atoms with E-state index in [0.717, 1.165) is 22.3 Å². The predicted molar refractivity (Wildman–Crippen MR) is 117 cm³/mol. The van der Waals surface area contributed by atoms with Gasteiger partial charge in [-0.3, -0.25) is 0 Å². The molecule has 7 heteroatoms. The average molecular weight is 427 g/mol. The highest BCUT2D eigenvalue weighted by Gasteiger charge is 2.32. The molecule has 166 valence electrons. The molecule has 3 unspecified atom stereocenters. The number of carbonyl (C=O) groups excluding carboxylic acids is 2. The van der Waals surface area contributed by atoms with Gasteiger partial charge in [-0.25, -0.2) is 14.4 Å². The fourth-order valence-corrected chi connectivity index (χ4v) is 3.30. The Labute approximate surface area is 182 Å². The Kier molecular flexibility index (Phi) is 8.19. The topological polar surface area (TPSA) is 102 Å². The Bertz CT molecular complexity index is 914. The molecule has 2 rings (SSSR count). The normalized spacial score (nSPS) is 18.7. The Hall–Kier alpha value is -3.35. The maximum atomic E-state index is 12.4. The van der Waals surface area contributed by atoms with Crippen LogP contribution < -0.4 is 5.32 Å². The lowest BCUT2D eigenvalue weighted by molar-refractivity contribution is -0.164. The molecule has 0 aliphatic heterocycles. The Morgan fingerprint density at radius 3 is 2.52 bits per heavy atom. The van der Waals surface area contributed by atoms with E-state index < -0.39 is 30.2 Å². The summed E-state index contributed by atoms with van der Waals surface area (Å²) < 4.78 is 10.3. The lowest BCUT2D eigenvalue weighted by Gasteiger charge is -2.22. The molecule has 31 heavy (non-hydrogen) atoms. The smallest absolute Gasteiger partial charge is 0.407 e. The number of aliphatic carboxylic acids is 1. The third kappa shape index (κ3) is 5.84. The van der Waals surface area contributed by atoms with Crippen LogP contribution in [0.15, 0.2) is 54.6 Å². The zero-order chi connectivity index (χ0) is 23.1. The standard InChI is InChI=1S/C24H29NO6/c1-6-7-10-17-15(4)20(19-12-9-8-11-18(17)19)13-30-24(29)25-21(14(2)3)23(28)31-16(5)22(26)27/h6-12,14,16,20-21H,4,13H2,1-3,5H3,(H,25,29)(H,26,27)/b7-6-,17-10+. The zero-order valence-electron chi connectivity index (χ0n) is 18.3. The lowest BCUT2D eigenvalue weighted by Crippen LogP contribution is -2.47. The molecule has 3 atom stereocenters. The number of nitrogens with one attached hydrogen (secondary N) is 1. The van der Waals surface area contributed by atoms with E-state index >= 15 is 0 Å². The summed E-state index contributed by atoms with van der Waals surface area (Å²) in [6.45, 7) is 10.8. The predicted octanol–water partition coefficient (Wildman–Crippen LogP) is 4.07. The van der Waals surface area contributed by atoms with Crippen LogP contribution in [0.25, 0.3) is 5.57 Å². The number of ether oxygens (including phenoxy) is 2. The minimum absolute atomic E-state index is 0.0558. The highest BCUT2D eigenvalue weighted by Crippen LogP contribution is 2.44. The van der Waals surface area contributed by atoms with E-state index in [2.05, 4.69) is 11.9 Å². The van der Waals surface area contributed by atoms with E-state index in [-0.39, 0.29) is 18.4 Å². The number of allylic oxidation sites excluding steroid dienone is 4. The fourth-order valence-electron chi connectivity index (χ4n) is 3.30. The van der Waals surface area contributed by atoms with Crippen molar-refractivity contribution in [3.63, 3.8) is 0 Å². The molecule has 0 saturated carbocycles. The van der Waals surface area contributed by atoms with Gasteiger partial charge in [0.25, 0.3) is 0 Å². The summed E-state index contributed by atoms with van der Waals surface area (Å²) in [7, 11) is 0. The highest BCUT2D eigenvalue weighted by atomic mass is 16.6. The first kappa shape index (κ1) is 23.9. The second kappa shape index (κ2) is 10.6. The Morgan fingerprint density at radius 2 is 1.90 bits per heavy atom. The number of carboxylic acids is 1. The summed E-state index contributed by atoms with van der Waals surface area (Å²) in [4.78, 5) is 35.6. The molecule has 7 nitrogen and oxygen atoms in total. The van der Waals surface area contributed by atoms with Gasteiger partial charge in [0.15, 0.2) is 6.10 Å². The van der Waals surface area contributed by atoms with E-state index in [9.17, 15) is 14.4 Å². The number of carbonyl (C=O) groups is 3. The number of benzene rings is 1. The first-order valence-electron chi connectivity index (χ1n) is 10.1. The molecule has 0 fully saturated rings. The van der Waals surface area contributed by atoms with Crippen LogP contribution in [-0.4, -0.2) is 41.9 Å². The van der Waals surface area contributed by atoms with Crippen molar-refractivity contribution in [2.45, 2.75) is 45.8 Å². The summed E-state index contributed by atoms with van der Waals surface area (Å²) in [5.74, 6) is -2.61. The maximum absolute atomic E-state index is 12.4. The number of fused-ring (bicyclic) bond motifs is 1. The van der Waals surface area contributed by atoms with Crippen LogP contribution in [0.4, 0.5) is 4.79 Å². The highest BCUT2D eigenvalue weighted by molar-refractivity contribution is 5.88. The number of rotatable bonds is 8. The third-order valence-electron chi connectivity index (χ3n) is 5.06. The largest absolute Gasteiger partial charge is 0.479 e. The molecule has 2 N–H and O–H groups in total. The number of hydrogen-bond donors (Lipinski definition) is 2. The van der Waals surface area contributed by atoms with Gasteiger partial charge in [0.05, 0.1) is 0 Å². The molecular weight excluding hydrogens is 398 g/mol. The number of esters is 1. The zero-order valence-corrected chi connectivity index (χ0v) is 18.3. The molecule has 0 bridgehead atoms. The van der Waals surface area contributed by atoms with Crippen LogP contribution in [-0.2, 0) is 19.1 Å². The van der Waals surface area contributed by atoms with Crippen molar-refractivity contribution in [2.24, 2.45) is 5.92 Å². The van der Waals surface area contributed by atoms with Crippen molar-refractivity contribution in [1.82, 2.24) is 5.32 Å². The third-order valence-corrected chi connectivity index (χ3v) is 5.06. The van der Waals surface area contributed by atoms with E-state index in [1.807, 2.05) is 49.4 Å². The van der Waals surface area contributed by atoms with Gasteiger partial charge in [0.1, 0.15) is 12.6 Å².